The Kier molecular flexibility index (Phi) is 3.09. The summed E-state index contributed by atoms with van der Waals surface area (Å²) in [7, 11) is 0. The predicted octanol–water partition coefficient (Wildman–Crippen LogP) is 3.00. The van der Waals surface area contributed by atoms with Crippen LogP contribution in [-0.2, 0) is 9.53 Å². The quantitative estimate of drug-likeness (QED) is 0.723. The zero-order valence-corrected chi connectivity index (χ0v) is 9.48. The van der Waals surface area contributed by atoms with Crippen molar-refractivity contribution in [1.82, 2.24) is 0 Å². The Morgan fingerprint density at radius 3 is 2.75 bits per heavy atom. The third-order valence-electron chi connectivity index (χ3n) is 2.98. The Hall–Kier alpha value is -1.57. The van der Waals surface area contributed by atoms with Crippen LogP contribution in [0.2, 0.25) is 0 Å². The molecule has 1 fully saturated rings. The normalized spacial score (nSPS) is 22.6. The second-order valence-electron chi connectivity index (χ2n) is 4.07. The smallest absolute Gasteiger partial charge is 0.309 e. The highest BCUT2D eigenvalue weighted by Gasteiger charge is 2.44. The van der Waals surface area contributed by atoms with Gasteiger partial charge < -0.3 is 4.74 Å². The molecule has 0 bridgehead atoms. The highest BCUT2D eigenvalue weighted by Crippen LogP contribution is 2.48. The molecule has 0 spiro atoms. The fraction of sp³-hybridized carbons (Fsp3) is 0.357. The van der Waals surface area contributed by atoms with Crippen LogP contribution >= 0.6 is 0 Å². The maximum absolute atomic E-state index is 11.5. The first kappa shape index (κ1) is 10.9. The third kappa shape index (κ3) is 2.16. The van der Waals surface area contributed by atoms with E-state index in [4.69, 9.17) is 4.74 Å². The van der Waals surface area contributed by atoms with E-state index in [-0.39, 0.29) is 11.9 Å². The fourth-order valence-corrected chi connectivity index (χ4v) is 1.95. The highest BCUT2D eigenvalue weighted by molar-refractivity contribution is 5.77. The van der Waals surface area contributed by atoms with E-state index in [2.05, 4.69) is 18.7 Å². The molecular weight excluding hydrogens is 200 g/mol. The standard InChI is InChI=1S/C14H16O2/c1-3-10-5-7-11(8-6-10)12-9-13(12)14(15)16-4-2/h3,5-8,12-13H,1,4,9H2,2H3/t12-,13+/m1/s1. The first-order valence-corrected chi connectivity index (χ1v) is 5.65. The largest absolute Gasteiger partial charge is 0.466 e. The number of ether oxygens (including phenoxy) is 1. The van der Waals surface area contributed by atoms with E-state index < -0.39 is 0 Å². The summed E-state index contributed by atoms with van der Waals surface area (Å²) in [4.78, 5) is 11.5. The Labute approximate surface area is 95.9 Å². The molecule has 2 heteroatoms. The Bertz CT molecular complexity index is 392. The third-order valence-corrected chi connectivity index (χ3v) is 2.98. The number of benzene rings is 1. The van der Waals surface area contributed by atoms with Crippen molar-refractivity contribution >= 4 is 12.0 Å². The van der Waals surface area contributed by atoms with Crippen molar-refractivity contribution in [3.05, 3.63) is 42.0 Å². The number of rotatable bonds is 4. The molecule has 0 amide bonds. The van der Waals surface area contributed by atoms with Gasteiger partial charge in [-0.1, -0.05) is 36.9 Å². The predicted molar refractivity (Wildman–Crippen MR) is 64.0 cm³/mol. The fourth-order valence-electron chi connectivity index (χ4n) is 1.95. The minimum atomic E-state index is -0.0553. The molecule has 0 aromatic heterocycles. The number of carbonyl (C=O) groups excluding carboxylic acids is 1. The Balaban J connectivity index is 2.00. The van der Waals surface area contributed by atoms with Gasteiger partial charge in [0.05, 0.1) is 12.5 Å². The van der Waals surface area contributed by atoms with Crippen molar-refractivity contribution in [1.29, 1.82) is 0 Å². The zero-order valence-electron chi connectivity index (χ0n) is 9.48. The Morgan fingerprint density at radius 2 is 2.19 bits per heavy atom. The van der Waals surface area contributed by atoms with Gasteiger partial charge in [-0.2, -0.15) is 0 Å². The molecule has 1 aliphatic carbocycles. The molecule has 2 nitrogen and oxygen atoms in total. The molecule has 84 valence electrons. The lowest BCUT2D eigenvalue weighted by Gasteiger charge is -2.02. The second-order valence-corrected chi connectivity index (χ2v) is 4.07. The van der Waals surface area contributed by atoms with E-state index in [0.29, 0.717) is 12.5 Å². The molecule has 1 aromatic rings. The van der Waals surface area contributed by atoms with Crippen molar-refractivity contribution < 1.29 is 9.53 Å². The van der Waals surface area contributed by atoms with E-state index in [9.17, 15) is 4.79 Å². The van der Waals surface area contributed by atoms with Gasteiger partial charge in [0.2, 0.25) is 0 Å². The van der Waals surface area contributed by atoms with Gasteiger partial charge in [-0.05, 0) is 30.4 Å². The van der Waals surface area contributed by atoms with E-state index in [1.165, 1.54) is 5.56 Å². The summed E-state index contributed by atoms with van der Waals surface area (Å²) in [6.07, 6.45) is 2.74. The van der Waals surface area contributed by atoms with Crippen LogP contribution < -0.4 is 0 Å². The average molecular weight is 216 g/mol. The summed E-state index contributed by atoms with van der Waals surface area (Å²) in [6, 6.07) is 8.20. The SMILES string of the molecule is C=Cc1ccc([C@H]2C[C@@H]2C(=O)OCC)cc1. The van der Waals surface area contributed by atoms with Crippen LogP contribution in [0.15, 0.2) is 30.8 Å². The van der Waals surface area contributed by atoms with Gasteiger partial charge in [0, 0.05) is 0 Å². The molecule has 1 saturated carbocycles. The number of hydrogen-bond donors (Lipinski definition) is 0. The summed E-state index contributed by atoms with van der Waals surface area (Å²) in [5.74, 6) is 0.382. The van der Waals surface area contributed by atoms with Crippen LogP contribution in [0.1, 0.15) is 30.4 Å². The van der Waals surface area contributed by atoms with Gasteiger partial charge in [-0.25, -0.2) is 0 Å². The van der Waals surface area contributed by atoms with Crippen molar-refractivity contribution in [3.8, 4) is 0 Å². The first-order chi connectivity index (χ1) is 7.76. The maximum Gasteiger partial charge on any atom is 0.309 e. The van der Waals surface area contributed by atoms with Gasteiger partial charge in [-0.15, -0.1) is 0 Å². The van der Waals surface area contributed by atoms with Gasteiger partial charge in [0.1, 0.15) is 0 Å². The van der Waals surface area contributed by atoms with Crippen LogP contribution in [0.3, 0.4) is 0 Å². The van der Waals surface area contributed by atoms with Crippen molar-refractivity contribution in [2.75, 3.05) is 6.61 Å². The van der Waals surface area contributed by atoms with Crippen LogP contribution in [-0.4, -0.2) is 12.6 Å². The summed E-state index contributed by atoms with van der Waals surface area (Å²) >= 11 is 0. The number of hydrogen-bond acceptors (Lipinski definition) is 2. The van der Waals surface area contributed by atoms with Gasteiger partial charge >= 0.3 is 5.97 Å². The van der Waals surface area contributed by atoms with E-state index in [1.807, 2.05) is 25.1 Å². The van der Waals surface area contributed by atoms with Gasteiger partial charge in [0.15, 0.2) is 0 Å². The van der Waals surface area contributed by atoms with Crippen LogP contribution in [0.25, 0.3) is 6.08 Å². The van der Waals surface area contributed by atoms with Crippen molar-refractivity contribution in [2.45, 2.75) is 19.3 Å². The molecule has 0 aliphatic heterocycles. The molecule has 2 rings (SSSR count). The van der Waals surface area contributed by atoms with E-state index >= 15 is 0 Å². The van der Waals surface area contributed by atoms with Gasteiger partial charge in [0.25, 0.3) is 0 Å². The highest BCUT2D eigenvalue weighted by atomic mass is 16.5. The van der Waals surface area contributed by atoms with Crippen LogP contribution in [0, 0.1) is 5.92 Å². The molecule has 0 saturated heterocycles. The summed E-state index contributed by atoms with van der Waals surface area (Å²) in [5.41, 5.74) is 2.33. The van der Waals surface area contributed by atoms with E-state index in [0.717, 1.165) is 12.0 Å². The number of esters is 1. The van der Waals surface area contributed by atoms with Crippen LogP contribution in [0.4, 0.5) is 0 Å². The Morgan fingerprint density at radius 1 is 1.50 bits per heavy atom. The monoisotopic (exact) mass is 216 g/mol. The molecule has 1 aliphatic rings. The molecule has 0 unspecified atom stereocenters. The van der Waals surface area contributed by atoms with Crippen molar-refractivity contribution in [3.63, 3.8) is 0 Å². The molecular formula is C14H16O2. The molecule has 0 radical (unpaired) electrons. The topological polar surface area (TPSA) is 26.3 Å². The molecule has 16 heavy (non-hydrogen) atoms. The number of carbonyl (C=O) groups is 1. The lowest BCUT2D eigenvalue weighted by Crippen LogP contribution is -2.07. The lowest BCUT2D eigenvalue weighted by molar-refractivity contribution is -0.144. The second kappa shape index (κ2) is 4.52. The molecule has 2 atom stereocenters. The van der Waals surface area contributed by atoms with Gasteiger partial charge in [-0.3, -0.25) is 4.79 Å². The summed E-state index contributed by atoms with van der Waals surface area (Å²) in [5, 5.41) is 0. The lowest BCUT2D eigenvalue weighted by atomic mass is 10.1. The molecule has 0 N–H and O–H groups in total. The average Bonchev–Trinajstić information content (AvgIpc) is 3.09. The van der Waals surface area contributed by atoms with Crippen LogP contribution in [0.5, 0.6) is 0 Å². The minimum absolute atomic E-state index is 0.0553. The van der Waals surface area contributed by atoms with Crippen molar-refractivity contribution in [2.24, 2.45) is 5.92 Å². The summed E-state index contributed by atoms with van der Waals surface area (Å²) in [6.45, 7) is 6.03. The van der Waals surface area contributed by atoms with E-state index in [1.54, 1.807) is 0 Å². The molecule has 1 aromatic carbocycles. The minimum Gasteiger partial charge on any atom is -0.466 e. The zero-order chi connectivity index (χ0) is 11.5. The maximum atomic E-state index is 11.5. The molecule has 0 heterocycles. The summed E-state index contributed by atoms with van der Waals surface area (Å²) < 4.78 is 5.01. The first-order valence-electron chi connectivity index (χ1n) is 5.65.